The number of aromatic nitrogens is 2. The molecule has 3 fully saturated rings. The van der Waals surface area contributed by atoms with E-state index in [0.717, 1.165) is 18.7 Å². The highest BCUT2D eigenvalue weighted by atomic mass is 19.4. The van der Waals surface area contributed by atoms with Gasteiger partial charge in [-0.05, 0) is 19.8 Å². The molecule has 1 aromatic rings. The molecular weight excluding hydrogens is 327 g/mol. The maximum atomic E-state index is 12.0. The fourth-order valence-corrected chi connectivity index (χ4v) is 3.73. The molecule has 0 radical (unpaired) electrons. The van der Waals surface area contributed by atoms with Crippen molar-refractivity contribution in [3.8, 4) is 0 Å². The third-order valence-electron chi connectivity index (χ3n) is 5.30. The van der Waals surface area contributed by atoms with Crippen molar-refractivity contribution >= 4 is 5.91 Å². The highest BCUT2D eigenvalue weighted by Crippen LogP contribution is 2.76. The minimum Gasteiger partial charge on any atom is -0.368 e. The number of hydrogen-bond acceptors (Lipinski definition) is 4. The van der Waals surface area contributed by atoms with Gasteiger partial charge in [0.15, 0.2) is 0 Å². The molecule has 3 aliphatic carbocycles. The van der Waals surface area contributed by atoms with Gasteiger partial charge < -0.3 is 14.6 Å². The molecule has 4 rings (SSSR count). The second-order valence-electron chi connectivity index (χ2n) is 6.95. The Morgan fingerprint density at radius 2 is 2.12 bits per heavy atom. The molecular formula is C15H18F3N3O3. The van der Waals surface area contributed by atoms with E-state index in [4.69, 9.17) is 4.74 Å². The van der Waals surface area contributed by atoms with Crippen LogP contribution in [0.15, 0.2) is 12.4 Å². The Hall–Kier alpha value is -1.61. The fourth-order valence-electron chi connectivity index (χ4n) is 3.73. The Kier molecular flexibility index (Phi) is 3.28. The van der Waals surface area contributed by atoms with Gasteiger partial charge in [-0.1, -0.05) is 0 Å². The number of halogens is 3. The molecule has 0 aliphatic heterocycles. The van der Waals surface area contributed by atoms with E-state index in [1.165, 1.54) is 0 Å². The third kappa shape index (κ3) is 2.59. The van der Waals surface area contributed by atoms with E-state index in [0.29, 0.717) is 0 Å². The molecule has 1 amide bonds. The van der Waals surface area contributed by atoms with Gasteiger partial charge in [0, 0.05) is 25.2 Å². The lowest BCUT2D eigenvalue weighted by Crippen LogP contribution is -2.43. The molecule has 3 saturated carbocycles. The third-order valence-corrected chi connectivity index (χ3v) is 5.30. The first-order chi connectivity index (χ1) is 11.2. The average Bonchev–Trinajstić information content (AvgIpc) is 3.12. The number of rotatable bonds is 6. The number of ether oxygens (including phenoxy) is 2. The van der Waals surface area contributed by atoms with Gasteiger partial charge in [-0.25, -0.2) is 4.98 Å². The minimum atomic E-state index is -4.61. The first-order valence-corrected chi connectivity index (χ1v) is 7.91. The molecule has 6 nitrogen and oxygen atoms in total. The summed E-state index contributed by atoms with van der Waals surface area (Å²) < 4.78 is 47.4. The van der Waals surface area contributed by atoms with Crippen molar-refractivity contribution in [2.24, 2.45) is 0 Å². The molecule has 0 unspecified atom stereocenters. The number of imidazole rings is 1. The maximum absolute atomic E-state index is 12.0. The molecule has 0 bridgehead atoms. The van der Waals surface area contributed by atoms with Crippen LogP contribution < -0.4 is 5.32 Å². The molecule has 1 N–H and O–H groups in total. The van der Waals surface area contributed by atoms with Gasteiger partial charge >= 0.3 is 6.36 Å². The van der Waals surface area contributed by atoms with Crippen LogP contribution in [0.3, 0.4) is 0 Å². The van der Waals surface area contributed by atoms with Crippen molar-refractivity contribution in [3.05, 3.63) is 18.2 Å². The van der Waals surface area contributed by atoms with Crippen molar-refractivity contribution in [2.75, 3.05) is 6.61 Å². The van der Waals surface area contributed by atoms with Crippen LogP contribution >= 0.6 is 0 Å². The average molecular weight is 345 g/mol. The lowest BCUT2D eigenvalue weighted by molar-refractivity contribution is -0.357. The number of amides is 1. The number of nitrogens with zero attached hydrogens (tertiary/aromatic N) is 2. The predicted molar refractivity (Wildman–Crippen MR) is 74.9 cm³/mol. The zero-order valence-corrected chi connectivity index (χ0v) is 13.1. The Balaban J connectivity index is 1.19. The van der Waals surface area contributed by atoms with Gasteiger partial charge in [-0.2, -0.15) is 0 Å². The summed E-state index contributed by atoms with van der Waals surface area (Å²) in [6, 6.07) is 0. The van der Waals surface area contributed by atoms with Gasteiger partial charge in [-0.15, -0.1) is 13.2 Å². The van der Waals surface area contributed by atoms with Gasteiger partial charge in [-0.3, -0.25) is 9.53 Å². The Labute approximate surface area is 136 Å². The monoisotopic (exact) mass is 345 g/mol. The summed E-state index contributed by atoms with van der Waals surface area (Å²) in [4.78, 5) is 16.2. The van der Waals surface area contributed by atoms with E-state index in [-0.39, 0.29) is 42.5 Å². The summed E-state index contributed by atoms with van der Waals surface area (Å²) in [7, 11) is 0. The summed E-state index contributed by atoms with van der Waals surface area (Å²) in [6.45, 7) is 1.79. The molecule has 0 atom stereocenters. The first kappa shape index (κ1) is 15.9. The van der Waals surface area contributed by atoms with Crippen molar-refractivity contribution in [1.82, 2.24) is 14.9 Å². The van der Waals surface area contributed by atoms with E-state index in [2.05, 4.69) is 19.6 Å². The van der Waals surface area contributed by atoms with E-state index < -0.39 is 12.5 Å². The Morgan fingerprint density at radius 1 is 1.42 bits per heavy atom. The van der Waals surface area contributed by atoms with Gasteiger partial charge in [0.2, 0.25) is 5.91 Å². The van der Waals surface area contributed by atoms with Crippen LogP contribution in [0.1, 0.15) is 31.5 Å². The quantitative estimate of drug-likeness (QED) is 0.851. The second kappa shape index (κ2) is 4.95. The van der Waals surface area contributed by atoms with E-state index >= 15 is 0 Å². The zero-order chi connectivity index (χ0) is 17.2. The van der Waals surface area contributed by atoms with E-state index in [1.54, 1.807) is 6.20 Å². The lowest BCUT2D eigenvalue weighted by Gasteiger charge is -2.34. The molecule has 0 spiro atoms. The van der Waals surface area contributed by atoms with Crippen LogP contribution in [0.4, 0.5) is 13.2 Å². The van der Waals surface area contributed by atoms with Crippen molar-refractivity contribution in [3.63, 3.8) is 0 Å². The number of carbonyl (C=O) groups excluding carboxylic acids is 1. The van der Waals surface area contributed by atoms with Crippen LogP contribution in [0.25, 0.3) is 0 Å². The Bertz CT molecular complexity index is 660. The lowest BCUT2D eigenvalue weighted by atomic mass is 9.92. The molecule has 1 aromatic heterocycles. The van der Waals surface area contributed by atoms with E-state index in [9.17, 15) is 18.0 Å². The smallest absolute Gasteiger partial charge is 0.368 e. The molecule has 0 aromatic carbocycles. The van der Waals surface area contributed by atoms with Gasteiger partial charge in [0.05, 0.1) is 23.3 Å². The summed E-state index contributed by atoms with van der Waals surface area (Å²) in [6.07, 6.45) is -0.0682. The topological polar surface area (TPSA) is 65.4 Å². The standard InChI is InChI=1S/C15H18F3N3O3/c1-9-19-2-3-21(9)14-7-13(14,8-14)20-12(22)6-23-10-4-11(5-10)24-15(16,17)18/h2-3,10-11H,4-8H2,1H3,(H,20,22). The van der Waals surface area contributed by atoms with Crippen molar-refractivity contribution in [1.29, 1.82) is 0 Å². The van der Waals surface area contributed by atoms with Crippen molar-refractivity contribution in [2.45, 2.75) is 62.3 Å². The second-order valence-corrected chi connectivity index (χ2v) is 6.95. The summed E-state index contributed by atoms with van der Waals surface area (Å²) in [5, 5.41) is 2.99. The summed E-state index contributed by atoms with van der Waals surface area (Å²) in [5.74, 6) is 0.692. The zero-order valence-electron chi connectivity index (χ0n) is 13.1. The predicted octanol–water partition coefficient (Wildman–Crippen LogP) is 1.63. The molecule has 0 saturated heterocycles. The van der Waals surface area contributed by atoms with Crippen LogP contribution in [0.5, 0.6) is 0 Å². The molecule has 3 aliphatic rings. The van der Waals surface area contributed by atoms with Crippen LogP contribution in [0.2, 0.25) is 0 Å². The molecule has 1 heterocycles. The van der Waals surface area contributed by atoms with E-state index in [1.807, 2.05) is 13.1 Å². The van der Waals surface area contributed by atoms with Crippen LogP contribution in [-0.2, 0) is 19.8 Å². The number of nitrogens with one attached hydrogen (secondary N) is 1. The maximum Gasteiger partial charge on any atom is 0.522 e. The summed E-state index contributed by atoms with van der Waals surface area (Å²) >= 11 is 0. The van der Waals surface area contributed by atoms with Gasteiger partial charge in [0.25, 0.3) is 0 Å². The summed E-state index contributed by atoms with van der Waals surface area (Å²) in [5.41, 5.74) is -0.230. The fraction of sp³-hybridized carbons (Fsp3) is 0.733. The highest BCUT2D eigenvalue weighted by molar-refractivity contribution is 5.80. The highest BCUT2D eigenvalue weighted by Gasteiger charge is 2.85. The number of fused-ring (bicyclic) bond motifs is 1. The molecule has 132 valence electrons. The number of carbonyl (C=O) groups is 1. The number of aryl methyl sites for hydroxylation is 1. The SMILES string of the molecule is Cc1nccn1C12CC1(NC(=O)COC1CC(OC(F)(F)F)C1)C2. The minimum absolute atomic E-state index is 0.0364. The normalized spacial score (nSPS) is 36.7. The Morgan fingerprint density at radius 3 is 2.71 bits per heavy atom. The largest absolute Gasteiger partial charge is 0.522 e. The number of hydrogen-bond donors (Lipinski definition) is 1. The van der Waals surface area contributed by atoms with Gasteiger partial charge in [0.1, 0.15) is 12.4 Å². The number of alkyl halides is 3. The van der Waals surface area contributed by atoms with Crippen LogP contribution in [0, 0.1) is 6.92 Å². The first-order valence-electron chi connectivity index (χ1n) is 7.91. The van der Waals surface area contributed by atoms with Crippen molar-refractivity contribution < 1.29 is 27.4 Å². The molecule has 9 heteroatoms. The molecule has 24 heavy (non-hydrogen) atoms. The van der Waals surface area contributed by atoms with Crippen LogP contribution in [-0.4, -0.2) is 46.2 Å².